The fraction of sp³-hybridized carbons (Fsp3) is 0.302. The van der Waals surface area contributed by atoms with Gasteiger partial charge in [0.2, 0.25) is 11.8 Å². The molecule has 274 valence electrons. The van der Waals surface area contributed by atoms with Crippen molar-refractivity contribution in [3.63, 3.8) is 0 Å². The summed E-state index contributed by atoms with van der Waals surface area (Å²) in [6.45, 7) is 4.53. The minimum Gasteiger partial charge on any atom is -0.480 e. The molecule has 1 aliphatic heterocycles. The monoisotopic (exact) mass is 729 g/mol. The van der Waals surface area contributed by atoms with Crippen molar-refractivity contribution in [2.24, 2.45) is 5.92 Å². The number of aliphatic carboxylic acids is 1. The van der Waals surface area contributed by atoms with Gasteiger partial charge in [-0.05, 0) is 52.2 Å². The highest BCUT2D eigenvalue weighted by molar-refractivity contribution is 7.98. The van der Waals surface area contributed by atoms with Crippen LogP contribution in [-0.2, 0) is 39.4 Å². The third kappa shape index (κ3) is 8.09. The van der Waals surface area contributed by atoms with Crippen molar-refractivity contribution in [1.82, 2.24) is 25.1 Å². The highest BCUT2D eigenvalue weighted by atomic mass is 32.2. The molecule has 53 heavy (non-hydrogen) atoms. The van der Waals surface area contributed by atoms with Gasteiger partial charge in [-0.25, -0.2) is 9.78 Å². The number of nitrogens with zero attached hydrogens (tertiary/aromatic N) is 3. The topological polar surface area (TPSA) is 117 Å². The van der Waals surface area contributed by atoms with Crippen molar-refractivity contribution < 1.29 is 19.5 Å². The second kappa shape index (κ2) is 17.1. The van der Waals surface area contributed by atoms with Crippen molar-refractivity contribution in [2.45, 2.75) is 63.4 Å². The lowest BCUT2D eigenvalue weighted by molar-refractivity contribution is -0.146. The van der Waals surface area contributed by atoms with Gasteiger partial charge in [-0.15, -0.1) is 0 Å². The molecule has 0 spiro atoms. The van der Waals surface area contributed by atoms with Crippen LogP contribution < -0.4 is 10.6 Å². The average Bonchev–Trinajstić information content (AvgIpc) is 3.66. The molecule has 0 saturated carbocycles. The molecule has 2 amide bonds. The number of rotatable bonds is 15. The molecule has 6 rings (SSSR count). The zero-order chi connectivity index (χ0) is 37.4. The van der Waals surface area contributed by atoms with E-state index < -0.39 is 35.5 Å². The summed E-state index contributed by atoms with van der Waals surface area (Å²) in [6, 6.07) is 36.4. The highest BCUT2D eigenvalue weighted by Crippen LogP contribution is 2.40. The molecule has 0 saturated heterocycles. The maximum Gasteiger partial charge on any atom is 0.326 e. The molecule has 9 nitrogen and oxygen atoms in total. The first kappa shape index (κ1) is 37.6. The Morgan fingerprint density at radius 1 is 0.849 bits per heavy atom. The van der Waals surface area contributed by atoms with Crippen LogP contribution in [-0.4, -0.2) is 67.5 Å². The van der Waals surface area contributed by atoms with Crippen molar-refractivity contribution in [3.8, 4) is 0 Å². The van der Waals surface area contributed by atoms with Crippen LogP contribution in [0.25, 0.3) is 0 Å². The number of carboxylic acids is 1. The number of benzene rings is 4. The summed E-state index contributed by atoms with van der Waals surface area (Å²) >= 11 is 1.52. The number of carbonyl (C=O) groups is 3. The molecule has 4 aromatic carbocycles. The zero-order valence-electron chi connectivity index (χ0n) is 30.4. The second-order valence-corrected chi connectivity index (χ2v) is 14.8. The fourth-order valence-electron chi connectivity index (χ4n) is 7.37. The normalized spacial score (nSPS) is 15.4. The maximum absolute atomic E-state index is 14.5. The fourth-order valence-corrected chi connectivity index (χ4v) is 7.85. The summed E-state index contributed by atoms with van der Waals surface area (Å²) in [5.41, 5.74) is 5.24. The Morgan fingerprint density at radius 3 is 1.92 bits per heavy atom. The third-order valence-corrected chi connectivity index (χ3v) is 10.7. The third-order valence-electron chi connectivity index (χ3n) is 10.1. The molecule has 0 aliphatic carbocycles. The maximum atomic E-state index is 14.5. The van der Waals surface area contributed by atoms with E-state index >= 15 is 0 Å². The number of carbonyl (C=O) groups excluding carboxylic acids is 2. The Balaban J connectivity index is 1.29. The first-order chi connectivity index (χ1) is 25.7. The van der Waals surface area contributed by atoms with Gasteiger partial charge in [0.05, 0.1) is 18.1 Å². The molecule has 1 unspecified atom stereocenters. The Morgan fingerprint density at radius 2 is 1.40 bits per heavy atom. The Kier molecular flexibility index (Phi) is 12.1. The van der Waals surface area contributed by atoms with Gasteiger partial charge in [-0.3, -0.25) is 14.9 Å². The minimum absolute atomic E-state index is 0.115. The Labute approximate surface area is 315 Å². The molecule has 1 aromatic heterocycles. The van der Waals surface area contributed by atoms with Crippen LogP contribution in [0.4, 0.5) is 0 Å². The van der Waals surface area contributed by atoms with Crippen LogP contribution in [0.5, 0.6) is 0 Å². The van der Waals surface area contributed by atoms with Crippen LogP contribution in [0.3, 0.4) is 0 Å². The number of nitrogens with one attached hydrogen (secondary N) is 2. The molecule has 3 atom stereocenters. The molecular formula is C43H47N5O4S. The summed E-state index contributed by atoms with van der Waals surface area (Å²) in [5, 5.41) is 16.1. The van der Waals surface area contributed by atoms with Crippen molar-refractivity contribution in [2.75, 3.05) is 12.0 Å². The van der Waals surface area contributed by atoms with E-state index in [1.165, 1.54) is 11.8 Å². The van der Waals surface area contributed by atoms with Crippen molar-refractivity contribution in [3.05, 3.63) is 161 Å². The van der Waals surface area contributed by atoms with E-state index in [1.807, 2.05) is 111 Å². The second-order valence-electron chi connectivity index (χ2n) is 13.8. The molecule has 0 fully saturated rings. The van der Waals surface area contributed by atoms with Gasteiger partial charge in [-0.1, -0.05) is 129 Å². The lowest BCUT2D eigenvalue weighted by atomic mass is 9.77. The summed E-state index contributed by atoms with van der Waals surface area (Å²) in [4.78, 5) is 46.9. The standard InChI is InChI=1S/C43H47N5O4S/c1-30(2)39(41(50)48-27-32-16-14-13-15-31(32)25-38(48)40(49)46-37(42(51)52)23-24-53-3)44-26-36-28-47(29-45-36)43(33-17-7-4-8-18-33,34-19-9-5-10-20-34)35-21-11-6-12-22-35/h4-22,28-30,37-39,44H,23-27H2,1-3H3,(H,46,49)(H,51,52)/t37-,38?,39+/m1/s1. The van der Waals surface area contributed by atoms with E-state index in [9.17, 15) is 19.5 Å². The summed E-state index contributed by atoms with van der Waals surface area (Å²) in [6.07, 6.45) is 6.39. The molecule has 2 heterocycles. The van der Waals surface area contributed by atoms with Gasteiger partial charge in [0.15, 0.2) is 0 Å². The number of hydrogen-bond donors (Lipinski definition) is 3. The van der Waals surface area contributed by atoms with E-state index in [4.69, 9.17) is 4.98 Å². The molecule has 5 aromatic rings. The smallest absolute Gasteiger partial charge is 0.326 e. The van der Waals surface area contributed by atoms with Crippen LogP contribution in [0.1, 0.15) is 53.8 Å². The molecule has 0 bridgehead atoms. The zero-order valence-corrected chi connectivity index (χ0v) is 31.2. The highest BCUT2D eigenvalue weighted by Gasteiger charge is 2.40. The molecule has 0 radical (unpaired) electrons. The van der Waals surface area contributed by atoms with Crippen LogP contribution in [0.15, 0.2) is 128 Å². The minimum atomic E-state index is -1.08. The van der Waals surface area contributed by atoms with E-state index in [0.717, 1.165) is 33.5 Å². The lowest BCUT2D eigenvalue weighted by Crippen LogP contribution is -2.59. The van der Waals surface area contributed by atoms with E-state index in [1.54, 1.807) is 4.90 Å². The number of carboxylic acid groups (broad SMARTS) is 1. The molecule has 10 heteroatoms. The van der Waals surface area contributed by atoms with Gasteiger partial charge in [0.25, 0.3) is 0 Å². The van der Waals surface area contributed by atoms with E-state index in [2.05, 4.69) is 51.6 Å². The van der Waals surface area contributed by atoms with Gasteiger partial charge in [0.1, 0.15) is 17.6 Å². The molecular weight excluding hydrogens is 683 g/mol. The number of amides is 2. The lowest BCUT2D eigenvalue weighted by Gasteiger charge is -2.39. The predicted molar refractivity (Wildman–Crippen MR) is 209 cm³/mol. The number of imidazole rings is 1. The van der Waals surface area contributed by atoms with Crippen molar-refractivity contribution in [1.29, 1.82) is 0 Å². The number of thioether (sulfide) groups is 1. The first-order valence-electron chi connectivity index (χ1n) is 18.1. The van der Waals surface area contributed by atoms with Crippen LogP contribution >= 0.6 is 11.8 Å². The quantitative estimate of drug-likeness (QED) is 0.111. The first-order valence-corrected chi connectivity index (χ1v) is 19.5. The van der Waals surface area contributed by atoms with Gasteiger partial charge in [0, 0.05) is 25.7 Å². The Bertz CT molecular complexity index is 1890. The number of hydrogen-bond acceptors (Lipinski definition) is 6. The molecule has 1 aliphatic rings. The summed E-state index contributed by atoms with van der Waals surface area (Å²) < 4.78 is 2.15. The van der Waals surface area contributed by atoms with Gasteiger partial charge < -0.3 is 19.9 Å². The number of aromatic nitrogens is 2. The van der Waals surface area contributed by atoms with E-state index in [0.29, 0.717) is 25.1 Å². The largest absolute Gasteiger partial charge is 0.480 e. The van der Waals surface area contributed by atoms with Gasteiger partial charge >= 0.3 is 5.97 Å². The Hall–Kier alpha value is -5.19. The summed E-state index contributed by atoms with van der Waals surface area (Å²) in [7, 11) is 0. The van der Waals surface area contributed by atoms with E-state index in [-0.39, 0.29) is 18.4 Å². The average molecular weight is 730 g/mol. The SMILES string of the molecule is CSCC[C@@H](NC(=O)C1Cc2ccccc2CN1C(=O)[C@@H](NCc1cn(C(c2ccccc2)(c2ccccc2)c2ccccc2)cn1)C(C)C)C(=O)O. The number of fused-ring (bicyclic) bond motifs is 1. The van der Waals surface area contributed by atoms with Crippen LogP contribution in [0, 0.1) is 5.92 Å². The van der Waals surface area contributed by atoms with Crippen LogP contribution in [0.2, 0.25) is 0 Å². The van der Waals surface area contributed by atoms with Gasteiger partial charge in [-0.2, -0.15) is 11.8 Å². The predicted octanol–water partition coefficient (Wildman–Crippen LogP) is 6.11. The van der Waals surface area contributed by atoms with Crippen molar-refractivity contribution >= 4 is 29.5 Å². The molecule has 3 N–H and O–H groups in total. The summed E-state index contributed by atoms with van der Waals surface area (Å²) in [5.74, 6) is -1.28.